The molecular formula is C23H24N6O2. The maximum Gasteiger partial charge on any atom is 0.252 e. The summed E-state index contributed by atoms with van der Waals surface area (Å²) in [5, 5.41) is 19.2. The summed E-state index contributed by atoms with van der Waals surface area (Å²) in [7, 11) is 0. The summed E-state index contributed by atoms with van der Waals surface area (Å²) in [4.78, 5) is 23.6. The van der Waals surface area contributed by atoms with Crippen molar-refractivity contribution in [3.8, 4) is 17.2 Å². The zero-order valence-corrected chi connectivity index (χ0v) is 17.3. The molecule has 158 valence electrons. The number of hydrogen-bond acceptors (Lipinski definition) is 5. The molecular weight excluding hydrogens is 392 g/mol. The van der Waals surface area contributed by atoms with Crippen LogP contribution in [0.3, 0.4) is 0 Å². The summed E-state index contributed by atoms with van der Waals surface area (Å²) in [5.41, 5.74) is 10.3. The van der Waals surface area contributed by atoms with Crippen molar-refractivity contribution in [2.75, 3.05) is 5.32 Å². The van der Waals surface area contributed by atoms with Crippen molar-refractivity contribution in [1.29, 1.82) is 5.26 Å². The van der Waals surface area contributed by atoms with E-state index in [2.05, 4.69) is 22.7 Å². The van der Waals surface area contributed by atoms with Crippen LogP contribution < -0.4 is 16.4 Å². The number of nitrogens with zero attached hydrogens (tertiary/aromatic N) is 3. The minimum Gasteiger partial charge on any atom is -0.380 e. The van der Waals surface area contributed by atoms with Crippen LogP contribution in [0.15, 0.2) is 42.7 Å². The van der Waals surface area contributed by atoms with E-state index in [0.717, 1.165) is 22.2 Å². The summed E-state index contributed by atoms with van der Waals surface area (Å²) < 4.78 is 1.74. The summed E-state index contributed by atoms with van der Waals surface area (Å²) >= 11 is 0. The average molecular weight is 416 g/mol. The van der Waals surface area contributed by atoms with Gasteiger partial charge in [0.1, 0.15) is 6.42 Å². The van der Waals surface area contributed by atoms with Crippen molar-refractivity contribution in [3.63, 3.8) is 0 Å². The van der Waals surface area contributed by atoms with Crippen molar-refractivity contribution in [3.05, 3.63) is 53.9 Å². The maximum absolute atomic E-state index is 12.0. The van der Waals surface area contributed by atoms with Crippen molar-refractivity contribution in [2.24, 2.45) is 11.7 Å². The predicted octanol–water partition coefficient (Wildman–Crippen LogP) is 2.84. The third-order valence-electron chi connectivity index (χ3n) is 5.59. The van der Waals surface area contributed by atoms with Crippen LogP contribution in [-0.4, -0.2) is 27.5 Å². The van der Waals surface area contributed by atoms with Crippen LogP contribution in [0.4, 0.5) is 5.69 Å². The highest BCUT2D eigenvalue weighted by atomic mass is 16.1. The maximum atomic E-state index is 12.0. The molecule has 1 aromatic carbocycles. The number of primary amides is 1. The highest BCUT2D eigenvalue weighted by molar-refractivity contribution is 6.02. The van der Waals surface area contributed by atoms with Crippen LogP contribution in [0.2, 0.25) is 0 Å². The largest absolute Gasteiger partial charge is 0.380 e. The Morgan fingerprint density at radius 1 is 1.32 bits per heavy atom. The third kappa shape index (κ3) is 4.51. The van der Waals surface area contributed by atoms with Crippen molar-refractivity contribution in [1.82, 2.24) is 14.9 Å². The van der Waals surface area contributed by atoms with E-state index >= 15 is 0 Å². The van der Waals surface area contributed by atoms with E-state index in [1.807, 2.05) is 42.6 Å². The number of nitrogens with two attached hydrogens (primary N) is 1. The van der Waals surface area contributed by atoms with E-state index in [1.165, 1.54) is 19.0 Å². The van der Waals surface area contributed by atoms with Crippen molar-refractivity contribution < 1.29 is 9.59 Å². The first kappa shape index (κ1) is 20.4. The molecule has 31 heavy (non-hydrogen) atoms. The molecule has 0 saturated heterocycles. The molecule has 0 radical (unpaired) electrons. The van der Waals surface area contributed by atoms with Crippen LogP contribution >= 0.6 is 0 Å². The number of carbonyl (C=O) groups excluding carboxylic acids is 2. The Kier molecular flexibility index (Phi) is 5.58. The number of carbonyl (C=O) groups is 2. The zero-order chi connectivity index (χ0) is 22.0. The number of amides is 2. The van der Waals surface area contributed by atoms with Gasteiger partial charge < -0.3 is 16.4 Å². The van der Waals surface area contributed by atoms with Crippen LogP contribution in [0, 0.1) is 17.2 Å². The Hall–Kier alpha value is -3.86. The lowest BCUT2D eigenvalue weighted by molar-refractivity contribution is -0.120. The van der Waals surface area contributed by atoms with Gasteiger partial charge in [-0.25, -0.2) is 4.52 Å². The second-order valence-electron chi connectivity index (χ2n) is 7.94. The molecule has 0 bridgehead atoms. The van der Waals surface area contributed by atoms with Gasteiger partial charge in [-0.1, -0.05) is 18.2 Å². The molecule has 8 nitrogen and oxygen atoms in total. The Morgan fingerprint density at radius 2 is 2.13 bits per heavy atom. The molecule has 4 rings (SSSR count). The van der Waals surface area contributed by atoms with E-state index < -0.39 is 5.91 Å². The summed E-state index contributed by atoms with van der Waals surface area (Å²) in [6, 6.07) is 11.8. The normalized spacial score (nSPS) is 14.1. The van der Waals surface area contributed by atoms with Gasteiger partial charge in [-0.3, -0.25) is 9.59 Å². The number of anilines is 1. The molecule has 1 fully saturated rings. The quantitative estimate of drug-likeness (QED) is 0.521. The van der Waals surface area contributed by atoms with Gasteiger partial charge in [0.2, 0.25) is 5.91 Å². The van der Waals surface area contributed by atoms with Gasteiger partial charge in [-0.15, -0.1) is 0 Å². The average Bonchev–Trinajstić information content (AvgIpc) is 3.51. The molecule has 1 saturated carbocycles. The molecule has 2 aromatic heterocycles. The lowest BCUT2D eigenvalue weighted by Gasteiger charge is -2.17. The number of fused-ring (bicyclic) bond motifs is 1. The van der Waals surface area contributed by atoms with E-state index in [4.69, 9.17) is 11.0 Å². The molecule has 3 aromatic rings. The topological polar surface area (TPSA) is 125 Å². The van der Waals surface area contributed by atoms with Gasteiger partial charge in [0.05, 0.1) is 29.0 Å². The molecule has 0 unspecified atom stereocenters. The molecule has 2 amide bonds. The number of benzene rings is 1. The van der Waals surface area contributed by atoms with E-state index in [0.29, 0.717) is 23.7 Å². The first-order valence-corrected chi connectivity index (χ1v) is 10.3. The minimum absolute atomic E-state index is 0.159. The van der Waals surface area contributed by atoms with Crippen molar-refractivity contribution in [2.45, 2.75) is 38.8 Å². The first-order valence-electron chi connectivity index (χ1n) is 10.3. The third-order valence-corrected chi connectivity index (χ3v) is 5.59. The number of rotatable bonds is 8. The lowest BCUT2D eigenvalue weighted by atomic mass is 10.1. The standard InChI is InChI=1S/C23H24N6O2/c1-14(16-5-6-16)28-22-19(23(25)31)12-27-29-13-18(10-20(22)29)17-4-2-3-15(9-17)11-26-21(30)7-8-24/h2-4,9-10,12-14,16,28H,5-7,11H2,1H3,(H2,25,31)(H,26,30)/t14-/m1/s1. The molecule has 1 aliphatic carbocycles. The molecule has 4 N–H and O–H groups in total. The Morgan fingerprint density at radius 3 is 2.84 bits per heavy atom. The van der Waals surface area contributed by atoms with Gasteiger partial charge in [0.15, 0.2) is 0 Å². The van der Waals surface area contributed by atoms with Crippen molar-refractivity contribution >= 4 is 23.0 Å². The van der Waals surface area contributed by atoms with E-state index in [9.17, 15) is 9.59 Å². The molecule has 0 aliphatic heterocycles. The number of nitrogens with one attached hydrogen (secondary N) is 2. The highest BCUT2D eigenvalue weighted by Crippen LogP contribution is 2.36. The predicted molar refractivity (Wildman–Crippen MR) is 117 cm³/mol. The van der Waals surface area contributed by atoms with Crippen LogP contribution in [0.25, 0.3) is 16.6 Å². The van der Waals surface area contributed by atoms with Crippen LogP contribution in [0.1, 0.15) is 42.1 Å². The molecule has 2 heterocycles. The van der Waals surface area contributed by atoms with E-state index in [-0.39, 0.29) is 18.4 Å². The van der Waals surface area contributed by atoms with Gasteiger partial charge in [0, 0.05) is 24.3 Å². The second-order valence-corrected chi connectivity index (χ2v) is 7.94. The fourth-order valence-corrected chi connectivity index (χ4v) is 3.69. The summed E-state index contributed by atoms with van der Waals surface area (Å²) in [6.45, 7) is 2.46. The Balaban J connectivity index is 1.66. The number of hydrogen-bond donors (Lipinski definition) is 3. The second kappa shape index (κ2) is 8.48. The molecule has 1 aliphatic rings. The summed E-state index contributed by atoms with van der Waals surface area (Å²) in [5.74, 6) is -0.208. The monoisotopic (exact) mass is 416 g/mol. The Labute approximate surface area is 180 Å². The summed E-state index contributed by atoms with van der Waals surface area (Å²) in [6.07, 6.45) is 5.62. The van der Waals surface area contributed by atoms with Crippen LogP contribution in [-0.2, 0) is 11.3 Å². The molecule has 0 spiro atoms. The Bertz CT molecular complexity index is 1190. The van der Waals surface area contributed by atoms with Gasteiger partial charge in [0.25, 0.3) is 5.91 Å². The van der Waals surface area contributed by atoms with Gasteiger partial charge in [-0.05, 0) is 48.9 Å². The minimum atomic E-state index is -0.515. The zero-order valence-electron chi connectivity index (χ0n) is 17.3. The molecule has 1 atom stereocenters. The number of aromatic nitrogens is 2. The SMILES string of the molecule is C[C@@H](Nc1c(C(N)=O)cnn2cc(-c3cccc(CNC(=O)CC#N)c3)cc12)C1CC1. The molecule has 8 heteroatoms. The fourth-order valence-electron chi connectivity index (χ4n) is 3.69. The van der Waals surface area contributed by atoms with Crippen LogP contribution in [0.5, 0.6) is 0 Å². The first-order chi connectivity index (χ1) is 15.0. The highest BCUT2D eigenvalue weighted by Gasteiger charge is 2.29. The van der Waals surface area contributed by atoms with Gasteiger partial charge >= 0.3 is 0 Å². The smallest absolute Gasteiger partial charge is 0.252 e. The lowest BCUT2D eigenvalue weighted by Crippen LogP contribution is -2.22. The van der Waals surface area contributed by atoms with Gasteiger partial charge in [-0.2, -0.15) is 10.4 Å². The number of nitriles is 1. The van der Waals surface area contributed by atoms with E-state index in [1.54, 1.807) is 4.52 Å². The fraction of sp³-hybridized carbons (Fsp3) is 0.304.